The number of benzene rings is 1. The Morgan fingerprint density at radius 2 is 2.28 bits per heavy atom. The molecule has 1 aromatic carbocycles. The summed E-state index contributed by atoms with van der Waals surface area (Å²) in [5.74, 6) is -0.498. The van der Waals surface area contributed by atoms with E-state index in [1.165, 1.54) is 10.3 Å². The van der Waals surface area contributed by atoms with Gasteiger partial charge in [-0.3, -0.25) is 4.79 Å². The van der Waals surface area contributed by atoms with Crippen LogP contribution in [0.25, 0.3) is 10.2 Å². The molecule has 1 N–H and O–H groups in total. The molecule has 0 bridgehead atoms. The summed E-state index contributed by atoms with van der Waals surface area (Å²) in [4.78, 5) is 15.6. The van der Waals surface area contributed by atoms with E-state index in [9.17, 15) is 4.79 Å². The fourth-order valence-electron chi connectivity index (χ4n) is 2.65. The third-order valence-electron chi connectivity index (χ3n) is 3.69. The smallest absolute Gasteiger partial charge is 0.306 e. The largest absolute Gasteiger partial charge is 0.481 e. The number of carbonyl (C=O) groups is 1. The van der Waals surface area contributed by atoms with Crippen molar-refractivity contribution in [2.45, 2.75) is 32.1 Å². The Kier molecular flexibility index (Phi) is 2.82. The third kappa shape index (κ3) is 2.01. The Morgan fingerprint density at radius 3 is 3.00 bits per heavy atom. The van der Waals surface area contributed by atoms with Gasteiger partial charge in [0.1, 0.15) is 0 Å². The van der Waals surface area contributed by atoms with Crippen molar-refractivity contribution in [2.75, 3.05) is 0 Å². The molecule has 0 amide bonds. The van der Waals surface area contributed by atoms with Crippen LogP contribution in [0.2, 0.25) is 0 Å². The predicted molar refractivity (Wildman–Crippen MR) is 72.1 cm³/mol. The number of aryl methyl sites for hydroxylation is 1. The van der Waals surface area contributed by atoms with Gasteiger partial charge in [0.25, 0.3) is 0 Å². The molecule has 2 aromatic rings. The van der Waals surface area contributed by atoms with Gasteiger partial charge in [-0.15, -0.1) is 11.3 Å². The minimum absolute atomic E-state index is 0.177. The van der Waals surface area contributed by atoms with Crippen molar-refractivity contribution in [3.05, 3.63) is 28.8 Å². The van der Waals surface area contributed by atoms with Gasteiger partial charge in [-0.1, -0.05) is 6.07 Å². The molecule has 1 fully saturated rings. The van der Waals surface area contributed by atoms with Gasteiger partial charge in [-0.2, -0.15) is 0 Å². The van der Waals surface area contributed by atoms with Crippen LogP contribution in [0.15, 0.2) is 18.2 Å². The monoisotopic (exact) mass is 261 g/mol. The molecule has 0 saturated heterocycles. The lowest BCUT2D eigenvalue weighted by Crippen LogP contribution is -2.09. The SMILES string of the molecule is Cc1ccc2nc(C3CCC(C(=O)O)C3)sc2c1. The highest BCUT2D eigenvalue weighted by molar-refractivity contribution is 7.18. The summed E-state index contributed by atoms with van der Waals surface area (Å²) < 4.78 is 1.21. The zero-order valence-corrected chi connectivity index (χ0v) is 11.0. The van der Waals surface area contributed by atoms with Crippen molar-refractivity contribution in [3.63, 3.8) is 0 Å². The summed E-state index contributed by atoms with van der Waals surface area (Å²) in [6, 6.07) is 6.27. The first-order valence-corrected chi connectivity index (χ1v) is 7.05. The molecule has 94 valence electrons. The van der Waals surface area contributed by atoms with Crippen LogP contribution in [0.4, 0.5) is 0 Å². The van der Waals surface area contributed by atoms with Crippen LogP contribution in [-0.2, 0) is 4.79 Å². The summed E-state index contributed by atoms with van der Waals surface area (Å²) in [5, 5.41) is 10.1. The summed E-state index contributed by atoms with van der Waals surface area (Å²) in [6.45, 7) is 2.08. The van der Waals surface area contributed by atoms with Crippen molar-refractivity contribution < 1.29 is 9.90 Å². The fraction of sp³-hybridized carbons (Fsp3) is 0.429. The average molecular weight is 261 g/mol. The predicted octanol–water partition coefficient (Wildman–Crippen LogP) is 3.57. The molecule has 2 unspecified atom stereocenters. The minimum atomic E-state index is -0.658. The van der Waals surface area contributed by atoms with Gasteiger partial charge < -0.3 is 5.11 Å². The van der Waals surface area contributed by atoms with E-state index in [0.29, 0.717) is 5.92 Å². The molecule has 3 nitrogen and oxygen atoms in total. The Morgan fingerprint density at radius 1 is 1.44 bits per heavy atom. The number of fused-ring (bicyclic) bond motifs is 1. The molecule has 0 aliphatic heterocycles. The number of thiazole rings is 1. The highest BCUT2D eigenvalue weighted by Gasteiger charge is 2.32. The third-order valence-corrected chi connectivity index (χ3v) is 4.87. The van der Waals surface area contributed by atoms with Crippen molar-refractivity contribution in [3.8, 4) is 0 Å². The summed E-state index contributed by atoms with van der Waals surface area (Å²) >= 11 is 1.72. The van der Waals surface area contributed by atoms with E-state index in [4.69, 9.17) is 5.11 Å². The molecule has 2 atom stereocenters. The molecule has 1 saturated carbocycles. The van der Waals surface area contributed by atoms with Gasteiger partial charge in [-0.25, -0.2) is 4.98 Å². The first-order valence-electron chi connectivity index (χ1n) is 6.23. The van der Waals surface area contributed by atoms with Gasteiger partial charge in [0.2, 0.25) is 0 Å². The van der Waals surface area contributed by atoms with Gasteiger partial charge >= 0.3 is 5.97 Å². The van der Waals surface area contributed by atoms with E-state index in [-0.39, 0.29) is 5.92 Å². The lowest BCUT2D eigenvalue weighted by Gasteiger charge is -2.04. The molecule has 1 aliphatic carbocycles. The van der Waals surface area contributed by atoms with Crippen LogP contribution in [0.1, 0.15) is 35.8 Å². The lowest BCUT2D eigenvalue weighted by atomic mass is 10.1. The number of aliphatic carboxylic acids is 1. The Balaban J connectivity index is 1.89. The first-order chi connectivity index (χ1) is 8.63. The van der Waals surface area contributed by atoms with Gasteiger partial charge in [0, 0.05) is 5.92 Å². The molecule has 1 aliphatic rings. The second-order valence-corrected chi connectivity index (χ2v) is 6.13. The number of carboxylic acids is 1. The zero-order valence-electron chi connectivity index (χ0n) is 10.2. The van der Waals surface area contributed by atoms with Crippen molar-refractivity contribution in [1.29, 1.82) is 0 Å². The number of hydrogen-bond donors (Lipinski definition) is 1. The summed E-state index contributed by atoms with van der Waals surface area (Å²) in [5.41, 5.74) is 2.28. The average Bonchev–Trinajstić information content (AvgIpc) is 2.93. The van der Waals surface area contributed by atoms with Crippen LogP contribution in [0.5, 0.6) is 0 Å². The van der Waals surface area contributed by atoms with E-state index in [2.05, 4.69) is 24.0 Å². The van der Waals surface area contributed by atoms with Crippen molar-refractivity contribution >= 4 is 27.5 Å². The van der Waals surface area contributed by atoms with E-state index in [1.807, 2.05) is 6.07 Å². The van der Waals surface area contributed by atoms with Crippen LogP contribution < -0.4 is 0 Å². The lowest BCUT2D eigenvalue weighted by molar-refractivity contribution is -0.141. The van der Waals surface area contributed by atoms with E-state index < -0.39 is 5.97 Å². The molecule has 1 aromatic heterocycles. The number of hydrogen-bond acceptors (Lipinski definition) is 3. The van der Waals surface area contributed by atoms with Gasteiger partial charge in [0.05, 0.1) is 21.1 Å². The topological polar surface area (TPSA) is 50.2 Å². The van der Waals surface area contributed by atoms with Crippen molar-refractivity contribution in [2.24, 2.45) is 5.92 Å². The first kappa shape index (κ1) is 11.7. The van der Waals surface area contributed by atoms with E-state index in [1.54, 1.807) is 11.3 Å². The van der Waals surface area contributed by atoms with E-state index in [0.717, 1.165) is 29.8 Å². The van der Waals surface area contributed by atoms with Crippen LogP contribution in [0.3, 0.4) is 0 Å². The Hall–Kier alpha value is -1.42. The molecular formula is C14H15NO2S. The van der Waals surface area contributed by atoms with E-state index >= 15 is 0 Å². The molecule has 3 rings (SSSR count). The molecule has 0 spiro atoms. The zero-order chi connectivity index (χ0) is 12.7. The maximum absolute atomic E-state index is 11.0. The molecule has 1 heterocycles. The van der Waals surface area contributed by atoms with Crippen LogP contribution >= 0.6 is 11.3 Å². The molecule has 18 heavy (non-hydrogen) atoms. The second-order valence-electron chi connectivity index (χ2n) is 5.07. The quantitative estimate of drug-likeness (QED) is 0.899. The minimum Gasteiger partial charge on any atom is -0.481 e. The summed E-state index contributed by atoms with van der Waals surface area (Å²) in [6.07, 6.45) is 2.48. The molecule has 4 heteroatoms. The van der Waals surface area contributed by atoms with Crippen molar-refractivity contribution in [1.82, 2.24) is 4.98 Å². The highest BCUT2D eigenvalue weighted by Crippen LogP contribution is 2.41. The number of aromatic nitrogens is 1. The second kappa shape index (κ2) is 4.35. The normalized spacial score (nSPS) is 23.6. The highest BCUT2D eigenvalue weighted by atomic mass is 32.1. The summed E-state index contributed by atoms with van der Waals surface area (Å²) in [7, 11) is 0. The Bertz CT molecular complexity index is 605. The number of nitrogens with zero attached hydrogens (tertiary/aromatic N) is 1. The molecule has 0 radical (unpaired) electrons. The molecular weight excluding hydrogens is 246 g/mol. The Labute approximate surface area is 109 Å². The standard InChI is InChI=1S/C14H15NO2S/c1-8-2-5-11-12(6-8)18-13(15-11)9-3-4-10(7-9)14(16)17/h2,5-6,9-10H,3-4,7H2,1H3,(H,16,17). The van der Waals surface area contributed by atoms with Gasteiger partial charge in [-0.05, 0) is 43.9 Å². The maximum atomic E-state index is 11.0. The number of rotatable bonds is 2. The van der Waals surface area contributed by atoms with Crippen LogP contribution in [0, 0.1) is 12.8 Å². The maximum Gasteiger partial charge on any atom is 0.306 e. The number of carboxylic acid groups (broad SMARTS) is 1. The van der Waals surface area contributed by atoms with Crippen LogP contribution in [-0.4, -0.2) is 16.1 Å². The van der Waals surface area contributed by atoms with Gasteiger partial charge in [0.15, 0.2) is 0 Å². The fourth-order valence-corrected chi connectivity index (χ4v) is 3.87.